The number of para-hydroxylation sites is 2. The number of imidazole rings is 1. The van der Waals surface area contributed by atoms with Crippen molar-refractivity contribution in [3.63, 3.8) is 0 Å². The number of nitrogens with zero attached hydrogens (tertiary/aromatic N) is 6. The molecule has 7 nitrogen and oxygen atoms in total. The highest BCUT2D eigenvalue weighted by molar-refractivity contribution is 5.74. The van der Waals surface area contributed by atoms with Crippen LogP contribution in [0.4, 0.5) is 0 Å². The lowest BCUT2D eigenvalue weighted by Gasteiger charge is -2.09. The van der Waals surface area contributed by atoms with Crippen LogP contribution in [0.25, 0.3) is 11.0 Å². The maximum atomic E-state index is 10.1. The normalized spacial score (nSPS) is 12.9. The van der Waals surface area contributed by atoms with Gasteiger partial charge in [-0.1, -0.05) is 12.1 Å². The number of benzene rings is 1. The van der Waals surface area contributed by atoms with Gasteiger partial charge in [0.15, 0.2) is 5.82 Å². The summed E-state index contributed by atoms with van der Waals surface area (Å²) in [5.74, 6) is 0.541. The Hall–Kier alpha value is -2.28. The Morgan fingerprint density at radius 2 is 2.16 bits per heavy atom. The first-order chi connectivity index (χ1) is 9.22. The molecular formula is C12H14N6O. The van der Waals surface area contributed by atoms with Crippen LogP contribution in [-0.2, 0) is 20.0 Å². The lowest BCUT2D eigenvalue weighted by molar-refractivity contribution is 0.153. The largest absolute Gasteiger partial charge is 0.391 e. The molecule has 98 valence electrons. The second-order valence-electron chi connectivity index (χ2n) is 4.44. The molecule has 1 unspecified atom stereocenters. The van der Waals surface area contributed by atoms with E-state index in [2.05, 4.69) is 20.4 Å². The van der Waals surface area contributed by atoms with E-state index in [1.165, 1.54) is 4.80 Å². The van der Waals surface area contributed by atoms with Gasteiger partial charge in [0.05, 0.1) is 37.1 Å². The number of aromatic nitrogens is 6. The van der Waals surface area contributed by atoms with Gasteiger partial charge in [-0.15, -0.1) is 10.2 Å². The van der Waals surface area contributed by atoms with Gasteiger partial charge in [0, 0.05) is 6.42 Å². The maximum absolute atomic E-state index is 10.1. The number of aliphatic hydroxyl groups excluding tert-OH is 1. The average molecular weight is 258 g/mol. The number of aliphatic hydroxyl groups is 1. The van der Waals surface area contributed by atoms with Crippen LogP contribution in [0.1, 0.15) is 5.82 Å². The van der Waals surface area contributed by atoms with E-state index in [0.29, 0.717) is 18.8 Å². The lowest BCUT2D eigenvalue weighted by atomic mass is 10.2. The van der Waals surface area contributed by atoms with Crippen molar-refractivity contribution in [1.82, 2.24) is 29.8 Å². The molecule has 3 aromatic rings. The molecule has 0 bridgehead atoms. The summed E-state index contributed by atoms with van der Waals surface area (Å²) in [5.41, 5.74) is 1.93. The molecule has 0 aliphatic rings. The fourth-order valence-corrected chi connectivity index (χ4v) is 2.06. The van der Waals surface area contributed by atoms with Crippen LogP contribution < -0.4 is 0 Å². The molecule has 0 aliphatic carbocycles. The van der Waals surface area contributed by atoms with Gasteiger partial charge >= 0.3 is 0 Å². The molecule has 3 rings (SSSR count). The van der Waals surface area contributed by atoms with E-state index >= 15 is 0 Å². The van der Waals surface area contributed by atoms with Gasteiger partial charge in [-0.25, -0.2) is 4.98 Å². The highest BCUT2D eigenvalue weighted by Gasteiger charge is 2.12. The fourth-order valence-electron chi connectivity index (χ4n) is 2.06. The van der Waals surface area contributed by atoms with Crippen molar-refractivity contribution < 1.29 is 5.11 Å². The number of fused-ring (bicyclic) bond motifs is 1. The Labute approximate surface area is 109 Å². The molecule has 0 amide bonds. The topological polar surface area (TPSA) is 81.6 Å². The summed E-state index contributed by atoms with van der Waals surface area (Å²) in [6, 6.07) is 7.83. The minimum absolute atomic E-state index is 0.375. The first kappa shape index (κ1) is 11.8. The van der Waals surface area contributed by atoms with Crippen molar-refractivity contribution in [2.24, 2.45) is 7.05 Å². The molecule has 0 saturated carbocycles. The Balaban J connectivity index is 1.74. The van der Waals surface area contributed by atoms with E-state index in [0.717, 1.165) is 11.0 Å². The maximum Gasteiger partial charge on any atom is 0.177 e. The minimum Gasteiger partial charge on any atom is -0.391 e. The van der Waals surface area contributed by atoms with E-state index in [4.69, 9.17) is 0 Å². The number of hydrogen-bond donors (Lipinski definition) is 1. The molecule has 0 aliphatic heterocycles. The summed E-state index contributed by atoms with van der Waals surface area (Å²) in [4.78, 5) is 5.67. The van der Waals surface area contributed by atoms with E-state index in [9.17, 15) is 5.11 Å². The highest BCUT2D eigenvalue weighted by Crippen LogP contribution is 2.12. The van der Waals surface area contributed by atoms with Crippen molar-refractivity contribution in [3.05, 3.63) is 36.4 Å². The molecule has 2 heterocycles. The Morgan fingerprint density at radius 3 is 2.95 bits per heavy atom. The van der Waals surface area contributed by atoms with Crippen molar-refractivity contribution in [3.8, 4) is 0 Å². The molecule has 0 fully saturated rings. The Morgan fingerprint density at radius 1 is 1.32 bits per heavy atom. The number of tetrazole rings is 1. The fraction of sp³-hybridized carbons (Fsp3) is 0.333. The second-order valence-corrected chi connectivity index (χ2v) is 4.44. The molecule has 2 aromatic heterocycles. The van der Waals surface area contributed by atoms with Crippen LogP contribution in [-0.4, -0.2) is 41.0 Å². The molecule has 7 heteroatoms. The van der Waals surface area contributed by atoms with Gasteiger partial charge in [0.2, 0.25) is 0 Å². The molecule has 19 heavy (non-hydrogen) atoms. The predicted octanol–water partition coefficient (Wildman–Crippen LogP) is 0.163. The van der Waals surface area contributed by atoms with Gasteiger partial charge in [0.1, 0.15) is 0 Å². The molecule has 0 radical (unpaired) electrons. The van der Waals surface area contributed by atoms with Gasteiger partial charge in [0.25, 0.3) is 0 Å². The van der Waals surface area contributed by atoms with Crippen molar-refractivity contribution in [1.29, 1.82) is 0 Å². The summed E-state index contributed by atoms with van der Waals surface area (Å²) >= 11 is 0. The quantitative estimate of drug-likeness (QED) is 0.721. The average Bonchev–Trinajstić information content (AvgIpc) is 2.97. The summed E-state index contributed by atoms with van der Waals surface area (Å²) in [6.07, 6.45) is 1.54. The summed E-state index contributed by atoms with van der Waals surface area (Å²) in [6.45, 7) is 0.457. The summed E-state index contributed by atoms with van der Waals surface area (Å²) in [5, 5.41) is 21.7. The van der Waals surface area contributed by atoms with Crippen LogP contribution in [0.15, 0.2) is 30.6 Å². The van der Waals surface area contributed by atoms with Crippen LogP contribution in [0.3, 0.4) is 0 Å². The van der Waals surface area contributed by atoms with Crippen LogP contribution in [0.5, 0.6) is 0 Å². The molecule has 1 N–H and O–H groups in total. The standard InChI is InChI=1S/C12H14N6O/c1-17-15-12(14-16-17)6-9(19)7-18-8-13-10-4-2-3-5-11(10)18/h2-5,8-9,19H,6-7H2,1H3. The van der Waals surface area contributed by atoms with Gasteiger partial charge < -0.3 is 9.67 Å². The molecule has 0 saturated heterocycles. The van der Waals surface area contributed by atoms with E-state index < -0.39 is 6.10 Å². The zero-order valence-corrected chi connectivity index (χ0v) is 10.5. The molecule has 0 spiro atoms. The lowest BCUT2D eigenvalue weighted by Crippen LogP contribution is -2.19. The summed E-state index contributed by atoms with van der Waals surface area (Å²) < 4.78 is 1.93. The Kier molecular flexibility index (Phi) is 2.96. The third-order valence-corrected chi connectivity index (χ3v) is 2.90. The second kappa shape index (κ2) is 4.77. The first-order valence-electron chi connectivity index (χ1n) is 6.03. The van der Waals surface area contributed by atoms with Crippen LogP contribution in [0.2, 0.25) is 0 Å². The monoisotopic (exact) mass is 258 g/mol. The van der Waals surface area contributed by atoms with Crippen LogP contribution >= 0.6 is 0 Å². The smallest absolute Gasteiger partial charge is 0.177 e. The van der Waals surface area contributed by atoms with Crippen molar-refractivity contribution >= 4 is 11.0 Å². The Bertz CT molecular complexity index is 688. The van der Waals surface area contributed by atoms with Gasteiger partial charge in [-0.3, -0.25) is 0 Å². The molecular weight excluding hydrogens is 244 g/mol. The third-order valence-electron chi connectivity index (χ3n) is 2.90. The zero-order valence-electron chi connectivity index (χ0n) is 10.5. The minimum atomic E-state index is -0.568. The van der Waals surface area contributed by atoms with E-state index in [1.807, 2.05) is 28.8 Å². The zero-order chi connectivity index (χ0) is 13.2. The SMILES string of the molecule is Cn1nnc(CC(O)Cn2cnc3ccccc32)n1. The number of rotatable bonds is 4. The van der Waals surface area contributed by atoms with Crippen molar-refractivity contribution in [2.75, 3.05) is 0 Å². The van der Waals surface area contributed by atoms with Gasteiger partial charge in [-0.05, 0) is 17.3 Å². The van der Waals surface area contributed by atoms with Crippen molar-refractivity contribution in [2.45, 2.75) is 19.1 Å². The predicted molar refractivity (Wildman–Crippen MR) is 68.2 cm³/mol. The molecule has 1 aromatic carbocycles. The molecule has 1 atom stereocenters. The van der Waals surface area contributed by atoms with E-state index in [1.54, 1.807) is 13.4 Å². The number of hydrogen-bond acceptors (Lipinski definition) is 5. The number of aryl methyl sites for hydroxylation is 1. The first-order valence-corrected chi connectivity index (χ1v) is 6.03. The van der Waals surface area contributed by atoms with Gasteiger partial charge in [-0.2, -0.15) is 4.80 Å². The third kappa shape index (κ3) is 2.45. The van der Waals surface area contributed by atoms with E-state index in [-0.39, 0.29) is 0 Å². The summed E-state index contributed by atoms with van der Waals surface area (Å²) in [7, 11) is 1.70. The van der Waals surface area contributed by atoms with Crippen LogP contribution in [0, 0.1) is 0 Å². The highest BCUT2D eigenvalue weighted by atomic mass is 16.3.